The Morgan fingerprint density at radius 3 is 2.71 bits per heavy atom. The van der Waals surface area contributed by atoms with Gasteiger partial charge in [-0.1, -0.05) is 41.9 Å². The van der Waals surface area contributed by atoms with Crippen LogP contribution >= 0.6 is 11.6 Å². The second-order valence-corrected chi connectivity index (χ2v) is 8.69. The first-order valence-corrected chi connectivity index (χ1v) is 11.5. The Labute approximate surface area is 206 Å². The number of H-pyrrole nitrogens is 1. The van der Waals surface area contributed by atoms with E-state index in [9.17, 15) is 9.59 Å². The van der Waals surface area contributed by atoms with Gasteiger partial charge < -0.3 is 15.0 Å². The van der Waals surface area contributed by atoms with Crippen molar-refractivity contribution in [1.82, 2.24) is 19.9 Å². The molecule has 0 saturated carbocycles. The molecule has 1 atom stereocenters. The number of benzene rings is 3. The van der Waals surface area contributed by atoms with Gasteiger partial charge in [-0.15, -0.1) is 0 Å². The molecule has 2 aromatic heterocycles. The molecule has 5 aromatic rings. The van der Waals surface area contributed by atoms with Gasteiger partial charge in [0.05, 0.1) is 24.3 Å². The van der Waals surface area contributed by atoms with Gasteiger partial charge in [0.1, 0.15) is 12.3 Å². The van der Waals surface area contributed by atoms with Crippen LogP contribution in [0.4, 0.5) is 0 Å². The summed E-state index contributed by atoms with van der Waals surface area (Å²) in [6, 6.07) is 20.8. The van der Waals surface area contributed by atoms with E-state index in [4.69, 9.17) is 16.3 Å². The first-order valence-electron chi connectivity index (χ1n) is 11.1. The number of amides is 1. The van der Waals surface area contributed by atoms with E-state index < -0.39 is 0 Å². The lowest BCUT2D eigenvalue weighted by Gasteiger charge is -2.19. The van der Waals surface area contributed by atoms with Crippen molar-refractivity contribution in [2.45, 2.75) is 12.5 Å². The molecule has 0 aliphatic rings. The van der Waals surface area contributed by atoms with E-state index in [2.05, 4.69) is 21.4 Å². The largest absolute Gasteiger partial charge is 0.497 e. The topological polar surface area (TPSA) is 89.0 Å². The fourth-order valence-corrected chi connectivity index (χ4v) is 4.46. The molecule has 0 aliphatic carbocycles. The zero-order valence-electron chi connectivity index (χ0n) is 19.0. The maximum atomic E-state index is 12.9. The minimum atomic E-state index is -0.287. The zero-order chi connectivity index (χ0) is 24.4. The Morgan fingerprint density at radius 1 is 1.11 bits per heavy atom. The van der Waals surface area contributed by atoms with E-state index in [0.29, 0.717) is 22.5 Å². The van der Waals surface area contributed by atoms with Crippen LogP contribution in [0.25, 0.3) is 21.8 Å². The predicted octanol–water partition coefficient (Wildman–Crippen LogP) is 4.49. The predicted molar refractivity (Wildman–Crippen MR) is 137 cm³/mol. The number of nitrogens with zero attached hydrogens (tertiary/aromatic N) is 2. The van der Waals surface area contributed by atoms with Crippen LogP contribution in [0.2, 0.25) is 5.02 Å². The summed E-state index contributed by atoms with van der Waals surface area (Å²) < 4.78 is 6.61. The smallest absolute Gasteiger partial charge is 0.261 e. The van der Waals surface area contributed by atoms with Gasteiger partial charge in [-0.3, -0.25) is 14.2 Å². The third-order valence-electron chi connectivity index (χ3n) is 6.12. The van der Waals surface area contributed by atoms with Crippen LogP contribution in [-0.2, 0) is 11.3 Å². The minimum Gasteiger partial charge on any atom is -0.497 e. The van der Waals surface area contributed by atoms with Gasteiger partial charge >= 0.3 is 0 Å². The van der Waals surface area contributed by atoms with Gasteiger partial charge in [-0.05, 0) is 47.5 Å². The molecule has 0 spiro atoms. The molecule has 3 aromatic carbocycles. The molecule has 176 valence electrons. The third-order valence-corrected chi connectivity index (χ3v) is 6.35. The SMILES string of the molecule is COc1ccc(C(CNC(=O)Cn2cnc3cc(Cl)ccc3c2=O)c2c[nH]c3ccccc23)cc1. The summed E-state index contributed by atoms with van der Waals surface area (Å²) >= 11 is 5.99. The van der Waals surface area contributed by atoms with Crippen LogP contribution in [0.5, 0.6) is 5.75 Å². The molecule has 8 heteroatoms. The number of nitrogens with one attached hydrogen (secondary N) is 2. The highest BCUT2D eigenvalue weighted by Crippen LogP contribution is 2.31. The quantitative estimate of drug-likeness (QED) is 0.355. The number of aromatic amines is 1. The van der Waals surface area contributed by atoms with Crippen molar-refractivity contribution in [3.63, 3.8) is 0 Å². The number of aromatic nitrogens is 3. The lowest BCUT2D eigenvalue weighted by Crippen LogP contribution is -2.35. The minimum absolute atomic E-state index is 0.102. The molecule has 0 saturated heterocycles. The monoisotopic (exact) mass is 486 g/mol. The molecule has 35 heavy (non-hydrogen) atoms. The number of fused-ring (bicyclic) bond motifs is 2. The van der Waals surface area contributed by atoms with Gasteiger partial charge in [0, 0.05) is 34.6 Å². The van der Waals surface area contributed by atoms with Crippen molar-refractivity contribution < 1.29 is 9.53 Å². The highest BCUT2D eigenvalue weighted by molar-refractivity contribution is 6.31. The lowest BCUT2D eigenvalue weighted by atomic mass is 9.91. The molecule has 0 fully saturated rings. The fraction of sp³-hybridized carbons (Fsp3) is 0.148. The number of carbonyl (C=O) groups excluding carboxylic acids is 1. The number of rotatable bonds is 7. The molecule has 0 bridgehead atoms. The highest BCUT2D eigenvalue weighted by Gasteiger charge is 2.20. The van der Waals surface area contributed by atoms with Crippen LogP contribution < -0.4 is 15.6 Å². The van der Waals surface area contributed by atoms with Crippen LogP contribution in [-0.4, -0.2) is 34.1 Å². The van der Waals surface area contributed by atoms with Gasteiger partial charge in [0.15, 0.2) is 0 Å². The second kappa shape index (κ2) is 9.64. The van der Waals surface area contributed by atoms with Crippen molar-refractivity contribution in [1.29, 1.82) is 0 Å². The molecule has 1 amide bonds. The summed E-state index contributed by atoms with van der Waals surface area (Å²) in [5.41, 5.74) is 3.36. The van der Waals surface area contributed by atoms with Crippen LogP contribution in [0.15, 0.2) is 84.0 Å². The standard InChI is InChI=1S/C27H23ClN4O3/c1-35-19-9-6-17(7-10-19)22(23-14-29-24-5-3-2-4-20(23)24)13-30-26(33)15-32-16-31-25-12-18(28)8-11-21(25)27(32)34/h2-12,14,16,22,29H,13,15H2,1H3,(H,30,33). The van der Waals surface area contributed by atoms with Crippen molar-refractivity contribution in [2.24, 2.45) is 0 Å². The summed E-state index contributed by atoms with van der Waals surface area (Å²) in [5.74, 6) is 0.384. The number of hydrogen-bond acceptors (Lipinski definition) is 4. The van der Waals surface area contributed by atoms with E-state index in [1.807, 2.05) is 48.7 Å². The average Bonchev–Trinajstić information content (AvgIpc) is 3.30. The molecule has 0 radical (unpaired) electrons. The van der Waals surface area contributed by atoms with Gasteiger partial charge in [-0.2, -0.15) is 0 Å². The van der Waals surface area contributed by atoms with Crippen LogP contribution in [0, 0.1) is 0 Å². The van der Waals surface area contributed by atoms with Crippen molar-refractivity contribution in [3.8, 4) is 5.75 Å². The molecule has 0 aliphatic heterocycles. The Kier molecular flexibility index (Phi) is 6.25. The van der Waals surface area contributed by atoms with Crippen LogP contribution in [0.1, 0.15) is 17.0 Å². The van der Waals surface area contributed by atoms with Crippen molar-refractivity contribution >= 4 is 39.3 Å². The summed E-state index contributed by atoms with van der Waals surface area (Å²) in [6.45, 7) is 0.228. The molecule has 2 heterocycles. The third kappa shape index (κ3) is 4.63. The number of para-hydroxylation sites is 1. The van der Waals surface area contributed by atoms with E-state index >= 15 is 0 Å². The molecular weight excluding hydrogens is 464 g/mol. The van der Waals surface area contributed by atoms with Gasteiger partial charge in [0.25, 0.3) is 5.56 Å². The Hall–Kier alpha value is -4.10. The highest BCUT2D eigenvalue weighted by atomic mass is 35.5. The summed E-state index contributed by atoms with van der Waals surface area (Å²) in [7, 11) is 1.63. The van der Waals surface area contributed by atoms with Crippen molar-refractivity contribution in [3.05, 3.63) is 106 Å². The number of carbonyl (C=O) groups is 1. The van der Waals surface area contributed by atoms with E-state index in [-0.39, 0.29) is 23.9 Å². The fourth-order valence-electron chi connectivity index (χ4n) is 4.30. The van der Waals surface area contributed by atoms with E-state index in [1.165, 1.54) is 10.9 Å². The number of methoxy groups -OCH3 is 1. The maximum absolute atomic E-state index is 12.9. The summed E-state index contributed by atoms with van der Waals surface area (Å²) in [6.07, 6.45) is 3.36. The average molecular weight is 487 g/mol. The normalized spacial score (nSPS) is 12.1. The Balaban J connectivity index is 1.39. The molecular formula is C27H23ClN4O3. The molecule has 5 rings (SSSR count). The molecule has 1 unspecified atom stereocenters. The van der Waals surface area contributed by atoms with E-state index in [1.54, 1.807) is 25.3 Å². The number of ether oxygens (including phenoxy) is 1. The maximum Gasteiger partial charge on any atom is 0.261 e. The number of halogens is 1. The zero-order valence-corrected chi connectivity index (χ0v) is 19.8. The van der Waals surface area contributed by atoms with Crippen molar-refractivity contribution in [2.75, 3.05) is 13.7 Å². The van der Waals surface area contributed by atoms with E-state index in [0.717, 1.165) is 27.8 Å². The first-order chi connectivity index (χ1) is 17.0. The lowest BCUT2D eigenvalue weighted by molar-refractivity contribution is -0.121. The van der Waals surface area contributed by atoms with Gasteiger partial charge in [-0.25, -0.2) is 4.98 Å². The first kappa shape index (κ1) is 22.7. The summed E-state index contributed by atoms with van der Waals surface area (Å²) in [5, 5.41) is 5.01. The van der Waals surface area contributed by atoms with Crippen LogP contribution in [0.3, 0.4) is 0 Å². The second-order valence-electron chi connectivity index (χ2n) is 8.26. The molecule has 7 nitrogen and oxygen atoms in total. The Bertz CT molecular complexity index is 1570. The molecule has 2 N–H and O–H groups in total. The Morgan fingerprint density at radius 2 is 1.91 bits per heavy atom. The summed E-state index contributed by atoms with van der Waals surface area (Å²) in [4.78, 5) is 33.3. The number of hydrogen-bond donors (Lipinski definition) is 2. The van der Waals surface area contributed by atoms with Gasteiger partial charge in [0.2, 0.25) is 5.91 Å².